The zero-order valence-corrected chi connectivity index (χ0v) is 12.8. The fraction of sp³-hybridized carbons (Fsp3) is 0.692. The molecule has 0 atom stereocenters. The maximum absolute atomic E-state index is 11.2. The van der Waals surface area contributed by atoms with Gasteiger partial charge in [0.15, 0.2) is 0 Å². The third-order valence-corrected chi connectivity index (χ3v) is 2.84. The molecule has 2 N–H and O–H groups in total. The van der Waals surface area contributed by atoms with Crippen LogP contribution in [0.4, 0.5) is 17.3 Å². The van der Waals surface area contributed by atoms with Gasteiger partial charge in [0.05, 0.1) is 4.92 Å². The molecule has 0 aliphatic rings. The van der Waals surface area contributed by atoms with Gasteiger partial charge in [-0.1, -0.05) is 13.8 Å². The Hall–Kier alpha value is -1.96. The average molecular weight is 297 g/mol. The average Bonchev–Trinajstić information content (AvgIpc) is 2.43. The second kappa shape index (κ2) is 9.06. The lowest BCUT2D eigenvalue weighted by molar-refractivity contribution is -0.383. The molecule has 0 saturated carbocycles. The molecular formula is C13H23N5O3. The van der Waals surface area contributed by atoms with Crippen LogP contribution in [0.2, 0.25) is 0 Å². The summed E-state index contributed by atoms with van der Waals surface area (Å²) in [5.41, 5.74) is -0.112. The molecule has 118 valence electrons. The first-order chi connectivity index (χ1) is 10.1. The molecule has 0 radical (unpaired) electrons. The largest absolute Gasteiger partial charge is 0.385 e. The van der Waals surface area contributed by atoms with Crippen molar-refractivity contribution in [2.45, 2.75) is 26.7 Å². The Balaban J connectivity index is 2.76. The van der Waals surface area contributed by atoms with Crippen molar-refractivity contribution in [3.63, 3.8) is 0 Å². The van der Waals surface area contributed by atoms with Crippen molar-refractivity contribution >= 4 is 17.3 Å². The summed E-state index contributed by atoms with van der Waals surface area (Å²) in [5.74, 6) is 1.01. The highest BCUT2D eigenvalue weighted by molar-refractivity contribution is 5.69. The van der Waals surface area contributed by atoms with Crippen molar-refractivity contribution in [2.75, 3.05) is 37.4 Å². The minimum absolute atomic E-state index is 0.112. The van der Waals surface area contributed by atoms with E-state index in [1.807, 2.05) is 0 Å². The van der Waals surface area contributed by atoms with Crippen LogP contribution < -0.4 is 10.6 Å². The second-order valence-corrected chi connectivity index (χ2v) is 5.06. The fourth-order valence-corrected chi connectivity index (χ4v) is 1.71. The third-order valence-electron chi connectivity index (χ3n) is 2.84. The predicted molar refractivity (Wildman–Crippen MR) is 81.6 cm³/mol. The summed E-state index contributed by atoms with van der Waals surface area (Å²) in [7, 11) is 1.61. The minimum atomic E-state index is -0.462. The molecule has 8 nitrogen and oxygen atoms in total. The summed E-state index contributed by atoms with van der Waals surface area (Å²) in [6, 6.07) is 0. The molecule has 0 aromatic carbocycles. The molecular weight excluding hydrogens is 274 g/mol. The van der Waals surface area contributed by atoms with Gasteiger partial charge >= 0.3 is 5.69 Å². The van der Waals surface area contributed by atoms with E-state index in [1.165, 1.54) is 6.33 Å². The Morgan fingerprint density at radius 3 is 2.43 bits per heavy atom. The summed E-state index contributed by atoms with van der Waals surface area (Å²) < 4.78 is 4.94. The molecule has 0 spiro atoms. The van der Waals surface area contributed by atoms with Gasteiger partial charge < -0.3 is 15.4 Å². The number of nitro groups is 1. The van der Waals surface area contributed by atoms with Crippen LogP contribution in [0.5, 0.6) is 0 Å². The zero-order chi connectivity index (χ0) is 15.7. The maximum Gasteiger partial charge on any atom is 0.353 e. The first-order valence-corrected chi connectivity index (χ1v) is 7.02. The molecule has 0 amide bonds. The third kappa shape index (κ3) is 5.90. The molecule has 0 bridgehead atoms. The van der Waals surface area contributed by atoms with E-state index in [2.05, 4.69) is 34.4 Å². The summed E-state index contributed by atoms with van der Waals surface area (Å²) in [6.45, 7) is 5.97. The normalized spacial score (nSPS) is 10.7. The summed E-state index contributed by atoms with van der Waals surface area (Å²) in [6.07, 6.45) is 2.98. The van der Waals surface area contributed by atoms with Crippen LogP contribution in [0, 0.1) is 16.0 Å². The van der Waals surface area contributed by atoms with E-state index in [9.17, 15) is 10.1 Å². The van der Waals surface area contributed by atoms with Gasteiger partial charge in [-0.3, -0.25) is 10.1 Å². The van der Waals surface area contributed by atoms with E-state index in [-0.39, 0.29) is 17.3 Å². The van der Waals surface area contributed by atoms with Crippen LogP contribution in [-0.2, 0) is 4.74 Å². The number of nitrogens with zero attached hydrogens (tertiary/aromatic N) is 3. The van der Waals surface area contributed by atoms with E-state index in [0.29, 0.717) is 25.6 Å². The SMILES string of the molecule is COCCCNc1ncnc(NCCC(C)C)c1[N+](=O)[O-]. The minimum Gasteiger partial charge on any atom is -0.385 e. The first-order valence-electron chi connectivity index (χ1n) is 7.02. The van der Waals surface area contributed by atoms with Gasteiger partial charge in [0, 0.05) is 26.8 Å². The molecule has 0 aliphatic carbocycles. The summed E-state index contributed by atoms with van der Waals surface area (Å²) >= 11 is 0. The number of nitrogens with one attached hydrogen (secondary N) is 2. The Labute approximate surface area is 124 Å². The van der Waals surface area contributed by atoms with E-state index in [0.717, 1.165) is 12.8 Å². The van der Waals surface area contributed by atoms with Crippen LogP contribution in [0.3, 0.4) is 0 Å². The van der Waals surface area contributed by atoms with Crippen molar-refractivity contribution in [1.82, 2.24) is 9.97 Å². The molecule has 0 unspecified atom stereocenters. The number of hydrogen-bond acceptors (Lipinski definition) is 7. The quantitative estimate of drug-likeness (QED) is 0.388. The Kier molecular flexibility index (Phi) is 7.38. The Morgan fingerprint density at radius 1 is 1.29 bits per heavy atom. The highest BCUT2D eigenvalue weighted by Gasteiger charge is 2.22. The Morgan fingerprint density at radius 2 is 1.90 bits per heavy atom. The van der Waals surface area contributed by atoms with Gasteiger partial charge in [0.2, 0.25) is 11.6 Å². The molecule has 21 heavy (non-hydrogen) atoms. The zero-order valence-electron chi connectivity index (χ0n) is 12.8. The standard InChI is InChI=1S/C13H23N5O3/c1-10(2)5-7-15-13-11(18(19)20)12(16-9-17-13)14-6-4-8-21-3/h9-10H,4-8H2,1-3H3,(H2,14,15,16,17). The van der Waals surface area contributed by atoms with Gasteiger partial charge in [-0.05, 0) is 18.8 Å². The van der Waals surface area contributed by atoms with Crippen molar-refractivity contribution in [2.24, 2.45) is 5.92 Å². The van der Waals surface area contributed by atoms with Gasteiger partial charge in [0.25, 0.3) is 0 Å². The highest BCUT2D eigenvalue weighted by Crippen LogP contribution is 2.28. The van der Waals surface area contributed by atoms with E-state index >= 15 is 0 Å². The van der Waals surface area contributed by atoms with Crippen molar-refractivity contribution < 1.29 is 9.66 Å². The van der Waals surface area contributed by atoms with Crippen molar-refractivity contribution in [3.8, 4) is 0 Å². The number of ether oxygens (including phenoxy) is 1. The Bertz CT molecular complexity index is 453. The van der Waals surface area contributed by atoms with Gasteiger partial charge in [-0.2, -0.15) is 0 Å². The molecule has 1 rings (SSSR count). The predicted octanol–water partition coefficient (Wildman–Crippen LogP) is 2.29. The van der Waals surface area contributed by atoms with Crippen LogP contribution >= 0.6 is 0 Å². The van der Waals surface area contributed by atoms with Crippen molar-refractivity contribution in [1.29, 1.82) is 0 Å². The van der Waals surface area contributed by atoms with Gasteiger partial charge in [0.1, 0.15) is 6.33 Å². The number of hydrogen-bond donors (Lipinski definition) is 2. The molecule has 8 heteroatoms. The van der Waals surface area contributed by atoms with Crippen LogP contribution in [0.1, 0.15) is 26.7 Å². The van der Waals surface area contributed by atoms with E-state index in [1.54, 1.807) is 7.11 Å². The number of aromatic nitrogens is 2. The van der Waals surface area contributed by atoms with E-state index < -0.39 is 4.92 Å². The molecule has 0 aliphatic heterocycles. The summed E-state index contributed by atoms with van der Waals surface area (Å²) in [5, 5.41) is 17.2. The second-order valence-electron chi connectivity index (χ2n) is 5.06. The monoisotopic (exact) mass is 297 g/mol. The number of rotatable bonds is 10. The van der Waals surface area contributed by atoms with Crippen LogP contribution in [0.25, 0.3) is 0 Å². The van der Waals surface area contributed by atoms with Crippen LogP contribution in [0.15, 0.2) is 6.33 Å². The maximum atomic E-state index is 11.2. The smallest absolute Gasteiger partial charge is 0.353 e. The molecule has 0 fully saturated rings. The van der Waals surface area contributed by atoms with Crippen LogP contribution in [-0.4, -0.2) is 41.7 Å². The molecule has 1 heterocycles. The fourth-order valence-electron chi connectivity index (χ4n) is 1.71. The summed E-state index contributed by atoms with van der Waals surface area (Å²) in [4.78, 5) is 18.7. The lowest BCUT2D eigenvalue weighted by Crippen LogP contribution is -2.12. The topological polar surface area (TPSA) is 102 Å². The number of methoxy groups -OCH3 is 1. The lowest BCUT2D eigenvalue weighted by atomic mass is 10.1. The lowest BCUT2D eigenvalue weighted by Gasteiger charge is -2.10. The molecule has 1 aromatic rings. The van der Waals surface area contributed by atoms with Crippen molar-refractivity contribution in [3.05, 3.63) is 16.4 Å². The van der Waals surface area contributed by atoms with Gasteiger partial charge in [-0.25, -0.2) is 9.97 Å². The molecule has 1 aromatic heterocycles. The number of anilines is 2. The first kappa shape index (κ1) is 17.1. The molecule has 0 saturated heterocycles. The van der Waals surface area contributed by atoms with E-state index in [4.69, 9.17) is 4.74 Å². The van der Waals surface area contributed by atoms with Gasteiger partial charge in [-0.15, -0.1) is 0 Å². The highest BCUT2D eigenvalue weighted by atomic mass is 16.6.